The topological polar surface area (TPSA) is 105 Å². The summed E-state index contributed by atoms with van der Waals surface area (Å²) in [7, 11) is 0. The van der Waals surface area contributed by atoms with Crippen LogP contribution < -0.4 is 11.2 Å². The molecule has 19 heavy (non-hydrogen) atoms. The maximum Gasteiger partial charge on any atom is 0.342 e. The number of nitrogens with one attached hydrogen (secondary N) is 1. The maximum absolute atomic E-state index is 11.6. The number of carboxylic acids is 1. The van der Waals surface area contributed by atoms with Crippen molar-refractivity contribution >= 4 is 5.97 Å². The second-order valence-corrected chi connectivity index (χ2v) is 4.04. The molecule has 0 fully saturated rings. The molecule has 0 unspecified atom stereocenters. The highest BCUT2D eigenvalue weighted by Gasteiger charge is 2.12. The summed E-state index contributed by atoms with van der Waals surface area (Å²) in [6.45, 7) is 2.00. The first-order valence-electron chi connectivity index (χ1n) is 5.45. The molecule has 0 aliphatic heterocycles. The van der Waals surface area contributed by atoms with Gasteiger partial charge in [0.15, 0.2) is 0 Å². The molecule has 98 valence electrons. The smallest absolute Gasteiger partial charge is 0.342 e. The van der Waals surface area contributed by atoms with Crippen LogP contribution >= 0.6 is 0 Å². The molecule has 0 aromatic carbocycles. The molecule has 2 aromatic rings. The number of H-pyrrole nitrogens is 1. The first-order valence-corrected chi connectivity index (χ1v) is 5.45. The van der Waals surface area contributed by atoms with Crippen LogP contribution in [-0.4, -0.2) is 25.6 Å². The number of hydrogen-bond donors (Lipinski definition) is 2. The second kappa shape index (κ2) is 4.89. The number of aromatic amines is 1. The number of pyridine rings is 1. The van der Waals surface area contributed by atoms with Crippen LogP contribution in [0.3, 0.4) is 0 Å². The van der Waals surface area contributed by atoms with Gasteiger partial charge >= 0.3 is 11.7 Å². The Morgan fingerprint density at radius 2 is 2.21 bits per heavy atom. The molecule has 0 bridgehead atoms. The van der Waals surface area contributed by atoms with Crippen molar-refractivity contribution in [3.63, 3.8) is 0 Å². The molecule has 2 aromatic heterocycles. The Hall–Kier alpha value is -2.70. The van der Waals surface area contributed by atoms with E-state index in [4.69, 9.17) is 5.11 Å². The fourth-order valence-corrected chi connectivity index (χ4v) is 1.62. The second-order valence-electron chi connectivity index (χ2n) is 4.04. The minimum Gasteiger partial charge on any atom is -0.477 e. The molecule has 0 atom stereocenters. The van der Waals surface area contributed by atoms with Crippen LogP contribution in [0, 0.1) is 6.92 Å². The highest BCUT2D eigenvalue weighted by Crippen LogP contribution is 2.06. The maximum atomic E-state index is 11.6. The van der Waals surface area contributed by atoms with Crippen molar-refractivity contribution in [1.29, 1.82) is 0 Å². The van der Waals surface area contributed by atoms with Crippen LogP contribution in [0.5, 0.6) is 0 Å². The lowest BCUT2D eigenvalue weighted by Gasteiger charge is -2.08. The molecule has 0 radical (unpaired) electrons. The third-order valence-corrected chi connectivity index (χ3v) is 2.73. The molecular weight excluding hydrogens is 250 g/mol. The summed E-state index contributed by atoms with van der Waals surface area (Å²) in [6, 6.07) is 1.78. The van der Waals surface area contributed by atoms with Crippen LogP contribution in [-0.2, 0) is 6.54 Å². The normalized spacial score (nSPS) is 10.4. The van der Waals surface area contributed by atoms with Crippen molar-refractivity contribution in [2.75, 3.05) is 0 Å². The number of aromatic carboxylic acids is 1. The lowest BCUT2D eigenvalue weighted by atomic mass is 10.1. The molecule has 7 nitrogen and oxygen atoms in total. The van der Waals surface area contributed by atoms with Gasteiger partial charge in [-0.15, -0.1) is 0 Å². The summed E-state index contributed by atoms with van der Waals surface area (Å²) >= 11 is 0. The predicted molar refractivity (Wildman–Crippen MR) is 66.4 cm³/mol. The van der Waals surface area contributed by atoms with Crippen LogP contribution in [0.1, 0.15) is 21.5 Å². The third kappa shape index (κ3) is 2.59. The van der Waals surface area contributed by atoms with Gasteiger partial charge in [-0.05, 0) is 24.1 Å². The summed E-state index contributed by atoms with van der Waals surface area (Å²) in [6.07, 6.45) is 4.25. The minimum atomic E-state index is -1.38. The Kier molecular flexibility index (Phi) is 3.28. The van der Waals surface area contributed by atoms with Crippen molar-refractivity contribution in [1.82, 2.24) is 14.5 Å². The van der Waals surface area contributed by atoms with E-state index in [1.807, 2.05) is 11.9 Å². The van der Waals surface area contributed by atoms with Crippen LogP contribution in [0.4, 0.5) is 0 Å². The summed E-state index contributed by atoms with van der Waals surface area (Å²) < 4.78 is 1.13. The summed E-state index contributed by atoms with van der Waals surface area (Å²) in [5.74, 6) is -1.38. The average molecular weight is 261 g/mol. The lowest BCUT2D eigenvalue weighted by molar-refractivity contribution is 0.0693. The quantitative estimate of drug-likeness (QED) is 0.808. The SMILES string of the molecule is Cc1ccncc1Cn1cc(C(=O)O)c(=O)[nH]c1=O. The molecule has 0 saturated carbocycles. The number of carbonyl (C=O) groups is 1. The minimum absolute atomic E-state index is 0.148. The molecule has 2 N–H and O–H groups in total. The summed E-state index contributed by atoms with van der Waals surface area (Å²) in [5.41, 5.74) is -0.339. The van der Waals surface area contributed by atoms with Crippen molar-refractivity contribution in [3.05, 3.63) is 62.2 Å². The van der Waals surface area contributed by atoms with Crippen molar-refractivity contribution in [2.45, 2.75) is 13.5 Å². The first-order chi connectivity index (χ1) is 8.99. The van der Waals surface area contributed by atoms with Crippen molar-refractivity contribution in [3.8, 4) is 0 Å². The molecule has 0 saturated heterocycles. The number of aromatic nitrogens is 3. The molecule has 0 spiro atoms. The molecule has 2 rings (SSSR count). The zero-order valence-electron chi connectivity index (χ0n) is 10.1. The van der Waals surface area contributed by atoms with Gasteiger partial charge in [-0.25, -0.2) is 9.59 Å². The highest BCUT2D eigenvalue weighted by atomic mass is 16.4. The molecule has 7 heteroatoms. The zero-order chi connectivity index (χ0) is 14.0. The van der Waals surface area contributed by atoms with E-state index in [2.05, 4.69) is 4.98 Å². The van der Waals surface area contributed by atoms with Crippen molar-refractivity contribution in [2.24, 2.45) is 0 Å². The number of aryl methyl sites for hydroxylation is 1. The third-order valence-electron chi connectivity index (χ3n) is 2.73. The first kappa shape index (κ1) is 12.7. The van der Waals surface area contributed by atoms with E-state index in [0.717, 1.165) is 21.9 Å². The molecule has 0 aliphatic rings. The predicted octanol–water partition coefficient (Wildman–Crippen LogP) is -0.0135. The van der Waals surface area contributed by atoms with Gasteiger partial charge in [-0.2, -0.15) is 0 Å². The van der Waals surface area contributed by atoms with Gasteiger partial charge in [0.25, 0.3) is 5.56 Å². The monoisotopic (exact) mass is 261 g/mol. The van der Waals surface area contributed by atoms with Crippen molar-refractivity contribution < 1.29 is 9.90 Å². The van der Waals surface area contributed by atoms with E-state index >= 15 is 0 Å². The Balaban J connectivity index is 2.49. The largest absolute Gasteiger partial charge is 0.477 e. The molecule has 0 amide bonds. The van der Waals surface area contributed by atoms with E-state index in [-0.39, 0.29) is 6.54 Å². The van der Waals surface area contributed by atoms with Gasteiger partial charge < -0.3 is 5.11 Å². The van der Waals surface area contributed by atoms with E-state index in [0.29, 0.717) is 0 Å². The number of carboxylic acid groups (broad SMARTS) is 1. The average Bonchev–Trinajstić information content (AvgIpc) is 2.34. The Bertz CT molecular complexity index is 745. The van der Waals surface area contributed by atoms with Crippen LogP contribution in [0.15, 0.2) is 34.2 Å². The van der Waals surface area contributed by atoms with Gasteiger partial charge in [0.05, 0.1) is 6.54 Å². The summed E-state index contributed by atoms with van der Waals surface area (Å²) in [5, 5.41) is 8.85. The van der Waals surface area contributed by atoms with E-state index in [1.165, 1.54) is 0 Å². The van der Waals surface area contributed by atoms with Gasteiger partial charge in [0, 0.05) is 18.6 Å². The van der Waals surface area contributed by atoms with Gasteiger partial charge in [0.1, 0.15) is 5.56 Å². The number of nitrogens with zero attached hydrogens (tertiary/aromatic N) is 2. The Morgan fingerprint density at radius 1 is 1.47 bits per heavy atom. The van der Waals surface area contributed by atoms with Gasteiger partial charge in [0.2, 0.25) is 0 Å². The van der Waals surface area contributed by atoms with Gasteiger partial charge in [-0.3, -0.25) is 19.3 Å². The van der Waals surface area contributed by atoms with E-state index in [9.17, 15) is 14.4 Å². The van der Waals surface area contributed by atoms with Crippen LogP contribution in [0.25, 0.3) is 0 Å². The standard InChI is InChI=1S/C12H11N3O4/c1-7-2-3-13-4-8(7)5-15-6-9(11(17)18)10(16)14-12(15)19/h2-4,6H,5H2,1H3,(H,17,18)(H,14,16,19). The Labute approximate surface area is 107 Å². The fraction of sp³-hybridized carbons (Fsp3) is 0.167. The van der Waals surface area contributed by atoms with E-state index in [1.54, 1.807) is 18.5 Å². The highest BCUT2D eigenvalue weighted by molar-refractivity contribution is 5.86. The fourth-order valence-electron chi connectivity index (χ4n) is 1.62. The molecule has 2 heterocycles. The zero-order valence-corrected chi connectivity index (χ0v) is 10.1. The molecule has 0 aliphatic carbocycles. The van der Waals surface area contributed by atoms with E-state index < -0.39 is 22.8 Å². The van der Waals surface area contributed by atoms with Crippen LogP contribution in [0.2, 0.25) is 0 Å². The lowest BCUT2D eigenvalue weighted by Crippen LogP contribution is -2.33. The number of hydrogen-bond acceptors (Lipinski definition) is 4. The number of rotatable bonds is 3. The molecular formula is C12H11N3O4. The summed E-state index contributed by atoms with van der Waals surface area (Å²) in [4.78, 5) is 39.7. The Morgan fingerprint density at radius 3 is 2.84 bits per heavy atom. The van der Waals surface area contributed by atoms with Gasteiger partial charge in [-0.1, -0.05) is 0 Å².